The van der Waals surface area contributed by atoms with E-state index in [4.69, 9.17) is 0 Å². The molecular formula is C9H6BrF3N4. The molecule has 0 aliphatic rings. The molecule has 8 heteroatoms. The maximum atomic E-state index is 12.3. The number of imidazole rings is 1. The fraction of sp³-hybridized carbons (Fsp3) is 0.222. The number of nitrogens with one attached hydrogen (secondary N) is 1. The van der Waals surface area contributed by atoms with Gasteiger partial charge in [-0.25, -0.2) is 4.98 Å². The number of rotatable bonds is 2. The van der Waals surface area contributed by atoms with Crippen LogP contribution >= 0.6 is 15.9 Å². The second kappa shape index (κ2) is 4.44. The molecule has 1 N–H and O–H groups in total. The Kier molecular flexibility index (Phi) is 3.14. The van der Waals surface area contributed by atoms with E-state index in [1.807, 2.05) is 0 Å². The van der Waals surface area contributed by atoms with Crippen LogP contribution in [0.25, 0.3) is 0 Å². The molecule has 90 valence electrons. The standard InChI is InChI=1S/C9H6BrF3N4/c10-5-1-2-15-17-6(5)3-8-14-4-7(16-8)9(11,12)13/h1-2,4H,3H2,(H,14,16). The number of halogens is 4. The van der Waals surface area contributed by atoms with Crippen LogP contribution in [0.1, 0.15) is 17.2 Å². The predicted octanol–water partition coefficient (Wildman–Crippen LogP) is 2.57. The van der Waals surface area contributed by atoms with Crippen LogP contribution in [0.15, 0.2) is 22.9 Å². The Morgan fingerprint density at radius 2 is 2.12 bits per heavy atom. The van der Waals surface area contributed by atoms with Gasteiger partial charge in [0.2, 0.25) is 0 Å². The minimum absolute atomic E-state index is 0.157. The van der Waals surface area contributed by atoms with Crippen molar-refractivity contribution in [1.82, 2.24) is 20.2 Å². The van der Waals surface area contributed by atoms with Crippen molar-refractivity contribution in [2.75, 3.05) is 0 Å². The quantitative estimate of drug-likeness (QED) is 0.928. The Morgan fingerprint density at radius 1 is 1.35 bits per heavy atom. The lowest BCUT2D eigenvalue weighted by Crippen LogP contribution is -2.05. The summed E-state index contributed by atoms with van der Waals surface area (Å²) < 4.78 is 37.6. The van der Waals surface area contributed by atoms with E-state index in [9.17, 15) is 13.2 Å². The number of H-pyrrole nitrogens is 1. The summed E-state index contributed by atoms with van der Waals surface area (Å²) in [5.41, 5.74) is -0.344. The molecule has 0 atom stereocenters. The van der Waals surface area contributed by atoms with Crippen molar-refractivity contribution in [3.05, 3.63) is 40.1 Å². The average molecular weight is 307 g/mol. The molecule has 2 aromatic heterocycles. The SMILES string of the molecule is FC(F)(F)c1cnc(Cc2nnccc2Br)[nH]1. The summed E-state index contributed by atoms with van der Waals surface area (Å²) >= 11 is 3.23. The summed E-state index contributed by atoms with van der Waals surface area (Å²) in [6, 6.07) is 1.66. The van der Waals surface area contributed by atoms with E-state index in [2.05, 4.69) is 36.1 Å². The Labute approximate surface area is 102 Å². The maximum absolute atomic E-state index is 12.3. The Hall–Kier alpha value is -1.44. The zero-order chi connectivity index (χ0) is 12.5. The molecule has 0 aromatic carbocycles. The molecule has 0 fully saturated rings. The van der Waals surface area contributed by atoms with Crippen LogP contribution in [-0.2, 0) is 12.6 Å². The molecule has 4 nitrogen and oxygen atoms in total. The van der Waals surface area contributed by atoms with Gasteiger partial charge in [-0.2, -0.15) is 23.4 Å². The van der Waals surface area contributed by atoms with Gasteiger partial charge in [-0.3, -0.25) is 0 Å². The first-order valence-corrected chi connectivity index (χ1v) is 5.33. The number of aromatic amines is 1. The van der Waals surface area contributed by atoms with E-state index < -0.39 is 11.9 Å². The van der Waals surface area contributed by atoms with Gasteiger partial charge < -0.3 is 4.98 Å². The van der Waals surface area contributed by atoms with Gasteiger partial charge in [-0.05, 0) is 22.0 Å². The van der Waals surface area contributed by atoms with E-state index in [0.29, 0.717) is 10.2 Å². The van der Waals surface area contributed by atoms with Crippen LogP contribution in [0.2, 0.25) is 0 Å². The van der Waals surface area contributed by atoms with Crippen LogP contribution in [0.4, 0.5) is 13.2 Å². The number of alkyl halides is 3. The van der Waals surface area contributed by atoms with Crippen LogP contribution in [-0.4, -0.2) is 20.2 Å². The van der Waals surface area contributed by atoms with Gasteiger partial charge in [0.15, 0.2) is 0 Å². The van der Waals surface area contributed by atoms with Crippen LogP contribution in [0, 0.1) is 0 Å². The summed E-state index contributed by atoms with van der Waals surface area (Å²) in [6.45, 7) is 0. The minimum atomic E-state index is -4.41. The first-order valence-electron chi connectivity index (χ1n) is 4.54. The second-order valence-corrected chi connectivity index (χ2v) is 4.10. The van der Waals surface area contributed by atoms with Gasteiger partial charge in [0.1, 0.15) is 11.5 Å². The van der Waals surface area contributed by atoms with Crippen molar-refractivity contribution in [2.24, 2.45) is 0 Å². The molecule has 0 radical (unpaired) electrons. The summed E-state index contributed by atoms with van der Waals surface area (Å²) in [6.07, 6.45) is -2.01. The van der Waals surface area contributed by atoms with E-state index in [-0.39, 0.29) is 12.2 Å². The van der Waals surface area contributed by atoms with Gasteiger partial charge >= 0.3 is 6.18 Å². The lowest BCUT2D eigenvalue weighted by Gasteiger charge is -2.01. The fourth-order valence-corrected chi connectivity index (χ4v) is 1.56. The topological polar surface area (TPSA) is 54.5 Å². The predicted molar refractivity (Wildman–Crippen MR) is 56.1 cm³/mol. The Balaban J connectivity index is 2.21. The average Bonchev–Trinajstić information content (AvgIpc) is 2.69. The lowest BCUT2D eigenvalue weighted by molar-refractivity contribution is -0.140. The van der Waals surface area contributed by atoms with Crippen molar-refractivity contribution in [3.63, 3.8) is 0 Å². The largest absolute Gasteiger partial charge is 0.432 e. The van der Waals surface area contributed by atoms with Crippen molar-refractivity contribution >= 4 is 15.9 Å². The highest BCUT2D eigenvalue weighted by Crippen LogP contribution is 2.27. The molecule has 0 bridgehead atoms. The van der Waals surface area contributed by atoms with Gasteiger partial charge in [-0.15, -0.1) is 0 Å². The van der Waals surface area contributed by atoms with E-state index in [1.54, 1.807) is 6.07 Å². The molecule has 0 unspecified atom stereocenters. The van der Waals surface area contributed by atoms with Crippen molar-refractivity contribution in [2.45, 2.75) is 12.6 Å². The Bertz CT molecular complexity index is 523. The zero-order valence-corrected chi connectivity index (χ0v) is 9.88. The summed E-state index contributed by atoms with van der Waals surface area (Å²) in [5, 5.41) is 7.46. The van der Waals surface area contributed by atoms with Crippen molar-refractivity contribution in [3.8, 4) is 0 Å². The molecule has 0 amide bonds. The highest BCUT2D eigenvalue weighted by molar-refractivity contribution is 9.10. The number of aromatic nitrogens is 4. The molecule has 0 saturated heterocycles. The minimum Gasteiger partial charge on any atom is -0.338 e. The van der Waals surface area contributed by atoms with Gasteiger partial charge in [-0.1, -0.05) is 0 Å². The third-order valence-electron chi connectivity index (χ3n) is 2.01. The molecule has 2 aromatic rings. The summed E-state index contributed by atoms with van der Waals surface area (Å²) in [7, 11) is 0. The first kappa shape index (κ1) is 12.0. The van der Waals surface area contributed by atoms with Gasteiger partial charge in [0.05, 0.1) is 24.5 Å². The van der Waals surface area contributed by atoms with Gasteiger partial charge in [0, 0.05) is 4.47 Å². The molecule has 2 rings (SSSR count). The van der Waals surface area contributed by atoms with Gasteiger partial charge in [0.25, 0.3) is 0 Å². The van der Waals surface area contributed by atoms with Crippen LogP contribution < -0.4 is 0 Å². The maximum Gasteiger partial charge on any atom is 0.432 e. The molecule has 2 heterocycles. The monoisotopic (exact) mass is 306 g/mol. The van der Waals surface area contributed by atoms with E-state index in [0.717, 1.165) is 6.20 Å². The zero-order valence-electron chi connectivity index (χ0n) is 8.29. The molecule has 17 heavy (non-hydrogen) atoms. The highest BCUT2D eigenvalue weighted by Gasteiger charge is 2.32. The summed E-state index contributed by atoms with van der Waals surface area (Å²) in [4.78, 5) is 5.86. The smallest absolute Gasteiger partial charge is 0.338 e. The molecule has 0 aliphatic carbocycles. The second-order valence-electron chi connectivity index (χ2n) is 3.24. The normalized spacial score (nSPS) is 11.8. The van der Waals surface area contributed by atoms with E-state index >= 15 is 0 Å². The number of hydrogen-bond donors (Lipinski definition) is 1. The first-order chi connectivity index (χ1) is 7.97. The molecule has 0 aliphatic heterocycles. The lowest BCUT2D eigenvalue weighted by atomic mass is 10.3. The molecule has 0 spiro atoms. The third-order valence-corrected chi connectivity index (χ3v) is 2.73. The fourth-order valence-electron chi connectivity index (χ4n) is 1.22. The highest BCUT2D eigenvalue weighted by atomic mass is 79.9. The molecular weight excluding hydrogens is 301 g/mol. The Morgan fingerprint density at radius 3 is 2.71 bits per heavy atom. The third kappa shape index (κ3) is 2.82. The van der Waals surface area contributed by atoms with Crippen molar-refractivity contribution in [1.29, 1.82) is 0 Å². The van der Waals surface area contributed by atoms with Crippen LogP contribution in [0.5, 0.6) is 0 Å². The van der Waals surface area contributed by atoms with Crippen LogP contribution in [0.3, 0.4) is 0 Å². The van der Waals surface area contributed by atoms with E-state index in [1.165, 1.54) is 6.20 Å². The number of nitrogens with zero attached hydrogens (tertiary/aromatic N) is 3. The molecule has 0 saturated carbocycles. The summed E-state index contributed by atoms with van der Waals surface area (Å²) in [5.74, 6) is 0.193. The number of hydrogen-bond acceptors (Lipinski definition) is 3. The van der Waals surface area contributed by atoms with Crippen molar-refractivity contribution < 1.29 is 13.2 Å².